The molecule has 1 amide bonds. The van der Waals surface area contributed by atoms with E-state index in [1.165, 1.54) is 12.1 Å². The first-order chi connectivity index (χ1) is 12.2. The fourth-order valence-corrected chi connectivity index (χ4v) is 2.51. The summed E-state index contributed by atoms with van der Waals surface area (Å²) in [4.78, 5) is 11.9. The van der Waals surface area contributed by atoms with Gasteiger partial charge in [-0.3, -0.25) is 5.32 Å². The second kappa shape index (κ2) is 6.74. The van der Waals surface area contributed by atoms with E-state index >= 15 is 0 Å². The molecule has 0 aliphatic carbocycles. The van der Waals surface area contributed by atoms with Crippen LogP contribution in [0.4, 0.5) is 14.9 Å². The molecular formula is C19H21BFNO4. The lowest BCUT2D eigenvalue weighted by atomic mass is 9.78. The van der Waals surface area contributed by atoms with Crippen molar-refractivity contribution in [1.29, 1.82) is 0 Å². The lowest BCUT2D eigenvalue weighted by Gasteiger charge is -2.32. The van der Waals surface area contributed by atoms with E-state index in [0.717, 1.165) is 0 Å². The van der Waals surface area contributed by atoms with Crippen LogP contribution in [0.5, 0.6) is 5.75 Å². The maximum absolute atomic E-state index is 14.5. The van der Waals surface area contributed by atoms with E-state index in [4.69, 9.17) is 14.0 Å². The maximum Gasteiger partial charge on any atom is 0.497 e. The first-order valence-corrected chi connectivity index (χ1v) is 8.37. The number of anilines is 1. The average Bonchev–Trinajstić information content (AvgIpc) is 2.76. The van der Waals surface area contributed by atoms with Crippen LogP contribution in [0, 0.1) is 5.82 Å². The number of carbonyl (C=O) groups is 1. The van der Waals surface area contributed by atoms with Gasteiger partial charge >= 0.3 is 13.2 Å². The summed E-state index contributed by atoms with van der Waals surface area (Å²) in [6.07, 6.45) is -0.695. The SMILES string of the molecule is CC1(C)OB(c2ccc(NC(=O)Oc3ccccc3)cc2F)OC1(C)C. The molecule has 1 fully saturated rings. The zero-order chi connectivity index (χ0) is 18.9. The van der Waals surface area contributed by atoms with Gasteiger partial charge in [0.25, 0.3) is 0 Å². The van der Waals surface area contributed by atoms with E-state index in [9.17, 15) is 9.18 Å². The van der Waals surface area contributed by atoms with E-state index in [1.54, 1.807) is 30.3 Å². The molecule has 0 saturated carbocycles. The summed E-state index contributed by atoms with van der Waals surface area (Å²) in [7, 11) is -0.801. The third-order valence-corrected chi connectivity index (χ3v) is 4.71. The molecule has 2 aromatic rings. The van der Waals surface area contributed by atoms with E-state index in [1.807, 2.05) is 33.8 Å². The molecular weight excluding hydrogens is 336 g/mol. The summed E-state index contributed by atoms with van der Waals surface area (Å²) in [6.45, 7) is 7.61. The number of hydrogen-bond donors (Lipinski definition) is 1. The Balaban J connectivity index is 1.69. The standard InChI is InChI=1S/C19H21BFNO4/c1-18(2)19(3,4)26-20(25-18)15-11-10-13(12-16(15)21)22-17(23)24-14-8-6-5-7-9-14/h5-12H,1-4H3,(H,22,23). The van der Waals surface area contributed by atoms with Crippen LogP contribution < -0.4 is 15.5 Å². The van der Waals surface area contributed by atoms with Crippen LogP contribution in [0.15, 0.2) is 48.5 Å². The Morgan fingerprint density at radius 1 is 1.04 bits per heavy atom. The lowest BCUT2D eigenvalue weighted by molar-refractivity contribution is 0.00578. The normalized spacial score (nSPS) is 17.8. The van der Waals surface area contributed by atoms with Crippen LogP contribution >= 0.6 is 0 Å². The van der Waals surface area contributed by atoms with Crippen molar-refractivity contribution < 1.29 is 23.2 Å². The predicted molar refractivity (Wildman–Crippen MR) is 98.2 cm³/mol. The van der Waals surface area contributed by atoms with E-state index in [0.29, 0.717) is 5.75 Å². The van der Waals surface area contributed by atoms with Crippen LogP contribution in [0.25, 0.3) is 0 Å². The second-order valence-corrected chi connectivity index (χ2v) is 7.15. The zero-order valence-electron chi connectivity index (χ0n) is 15.2. The summed E-state index contributed by atoms with van der Waals surface area (Å²) >= 11 is 0. The molecule has 0 bridgehead atoms. The summed E-state index contributed by atoms with van der Waals surface area (Å²) < 4.78 is 31.4. The highest BCUT2D eigenvalue weighted by Gasteiger charge is 2.52. The van der Waals surface area contributed by atoms with E-state index < -0.39 is 30.2 Å². The van der Waals surface area contributed by atoms with Gasteiger partial charge in [-0.15, -0.1) is 0 Å². The molecule has 7 heteroatoms. The predicted octanol–water partition coefficient (Wildman–Crippen LogP) is 3.74. The molecule has 0 radical (unpaired) electrons. The van der Waals surface area contributed by atoms with Crippen molar-refractivity contribution in [3.05, 3.63) is 54.3 Å². The molecule has 136 valence electrons. The number of amides is 1. The molecule has 1 saturated heterocycles. The number of carbonyl (C=O) groups excluding carboxylic acids is 1. The monoisotopic (exact) mass is 357 g/mol. The number of rotatable bonds is 3. The molecule has 0 unspecified atom stereocenters. The van der Waals surface area contributed by atoms with Gasteiger partial charge in [-0.1, -0.05) is 24.3 Å². The Morgan fingerprint density at radius 2 is 1.65 bits per heavy atom. The summed E-state index contributed by atoms with van der Waals surface area (Å²) in [5, 5.41) is 2.50. The number of ether oxygens (including phenoxy) is 1. The van der Waals surface area contributed by atoms with Crippen molar-refractivity contribution in [3.63, 3.8) is 0 Å². The topological polar surface area (TPSA) is 56.8 Å². The van der Waals surface area contributed by atoms with Crippen LogP contribution in [0.1, 0.15) is 27.7 Å². The molecule has 0 spiro atoms. The molecule has 1 N–H and O–H groups in total. The van der Waals surface area contributed by atoms with Crippen molar-refractivity contribution in [2.75, 3.05) is 5.32 Å². The molecule has 1 aliphatic rings. The van der Waals surface area contributed by atoms with E-state index in [-0.39, 0.29) is 11.2 Å². The molecule has 0 atom stereocenters. The fourth-order valence-electron chi connectivity index (χ4n) is 2.51. The number of nitrogens with one attached hydrogen (secondary N) is 1. The van der Waals surface area contributed by atoms with Gasteiger partial charge in [0.15, 0.2) is 0 Å². The lowest BCUT2D eigenvalue weighted by Crippen LogP contribution is -2.41. The smallest absolute Gasteiger partial charge is 0.410 e. The summed E-state index contributed by atoms with van der Waals surface area (Å²) in [6, 6.07) is 13.0. The van der Waals surface area contributed by atoms with Crippen molar-refractivity contribution in [2.24, 2.45) is 0 Å². The van der Waals surface area contributed by atoms with Crippen molar-refractivity contribution in [1.82, 2.24) is 0 Å². The van der Waals surface area contributed by atoms with Crippen molar-refractivity contribution in [2.45, 2.75) is 38.9 Å². The van der Waals surface area contributed by atoms with Crippen LogP contribution in [0.3, 0.4) is 0 Å². The zero-order valence-corrected chi connectivity index (χ0v) is 15.2. The molecule has 26 heavy (non-hydrogen) atoms. The maximum atomic E-state index is 14.5. The largest absolute Gasteiger partial charge is 0.497 e. The third kappa shape index (κ3) is 3.74. The van der Waals surface area contributed by atoms with Crippen LogP contribution in [0.2, 0.25) is 0 Å². The minimum atomic E-state index is -0.801. The van der Waals surface area contributed by atoms with Gasteiger partial charge in [0.05, 0.1) is 11.2 Å². The molecule has 1 aliphatic heterocycles. The summed E-state index contributed by atoms with van der Waals surface area (Å²) in [5.74, 6) is -0.125. The molecule has 2 aromatic carbocycles. The first-order valence-electron chi connectivity index (χ1n) is 8.37. The minimum Gasteiger partial charge on any atom is -0.410 e. The van der Waals surface area contributed by atoms with Crippen molar-refractivity contribution in [3.8, 4) is 5.75 Å². The van der Waals surface area contributed by atoms with Gasteiger partial charge in [0.2, 0.25) is 0 Å². The van der Waals surface area contributed by atoms with Gasteiger partial charge in [0, 0.05) is 11.2 Å². The summed E-state index contributed by atoms with van der Waals surface area (Å²) in [5.41, 5.74) is -0.546. The molecule has 3 rings (SSSR count). The number of halogens is 1. The second-order valence-electron chi connectivity index (χ2n) is 7.15. The highest BCUT2D eigenvalue weighted by atomic mass is 19.1. The van der Waals surface area contributed by atoms with Gasteiger partial charge in [-0.2, -0.15) is 0 Å². The minimum absolute atomic E-state index is 0.281. The molecule has 5 nitrogen and oxygen atoms in total. The Kier molecular flexibility index (Phi) is 4.77. The third-order valence-electron chi connectivity index (χ3n) is 4.71. The Bertz CT molecular complexity index is 794. The molecule has 0 aromatic heterocycles. The fraction of sp³-hybridized carbons (Fsp3) is 0.316. The highest BCUT2D eigenvalue weighted by Crippen LogP contribution is 2.36. The molecule has 1 heterocycles. The quantitative estimate of drug-likeness (QED) is 0.851. The Morgan fingerprint density at radius 3 is 2.23 bits per heavy atom. The first kappa shape index (κ1) is 18.4. The van der Waals surface area contributed by atoms with E-state index in [2.05, 4.69) is 5.32 Å². The van der Waals surface area contributed by atoms with Gasteiger partial charge in [0.1, 0.15) is 11.6 Å². The van der Waals surface area contributed by atoms with Gasteiger partial charge in [-0.25, -0.2) is 9.18 Å². The Hall–Kier alpha value is -2.38. The number of hydrogen-bond acceptors (Lipinski definition) is 4. The van der Waals surface area contributed by atoms with Gasteiger partial charge in [-0.05, 0) is 52.0 Å². The number of benzene rings is 2. The van der Waals surface area contributed by atoms with Crippen LogP contribution in [-0.2, 0) is 9.31 Å². The number of para-hydroxylation sites is 1. The Labute approximate surface area is 152 Å². The average molecular weight is 357 g/mol. The van der Waals surface area contributed by atoms with Crippen molar-refractivity contribution >= 4 is 24.4 Å². The van der Waals surface area contributed by atoms with Crippen LogP contribution in [-0.4, -0.2) is 24.4 Å². The van der Waals surface area contributed by atoms with Gasteiger partial charge < -0.3 is 14.0 Å². The highest BCUT2D eigenvalue weighted by molar-refractivity contribution is 6.62.